The van der Waals surface area contributed by atoms with Crippen molar-refractivity contribution in [2.24, 2.45) is 5.11 Å². The third-order valence-electron chi connectivity index (χ3n) is 1.26. The second-order valence-electron chi connectivity index (χ2n) is 1.99. The molecule has 0 fully saturated rings. The first-order chi connectivity index (χ1) is 6.34. The fourth-order valence-corrected chi connectivity index (χ4v) is 0.741. The maximum Gasteiger partial charge on any atom is 0.158 e. The maximum absolute atomic E-state index is 9.10. The minimum absolute atomic E-state index is 0. The Balaban J connectivity index is 0. The average Bonchev–Trinajstić information content (AvgIpc) is 2.23. The predicted molar refractivity (Wildman–Crippen MR) is 51.7 cm³/mol. The van der Waals surface area contributed by atoms with E-state index < -0.39 is 6.23 Å². The first kappa shape index (κ1) is 13.3. The van der Waals surface area contributed by atoms with Crippen LogP contribution in [0.15, 0.2) is 35.4 Å². The van der Waals surface area contributed by atoms with Crippen LogP contribution in [0.2, 0.25) is 0 Å². The van der Waals surface area contributed by atoms with Gasteiger partial charge in [-0.05, 0) is 11.1 Å². The van der Waals surface area contributed by atoms with Gasteiger partial charge in [-0.3, -0.25) is 0 Å². The van der Waals surface area contributed by atoms with Gasteiger partial charge in [-0.2, -0.15) is 9.84 Å². The number of azide groups is 1. The van der Waals surface area contributed by atoms with Crippen molar-refractivity contribution >= 4 is 9.84 Å². The van der Waals surface area contributed by atoms with Crippen LogP contribution in [-0.2, 0) is 0 Å². The Bertz CT molecular complexity index is 282. The molecule has 0 bridgehead atoms. The second-order valence-corrected chi connectivity index (χ2v) is 1.99. The molecule has 68 valence electrons. The molecule has 0 aliphatic heterocycles. The van der Waals surface area contributed by atoms with Crippen LogP contribution in [0.4, 0.5) is 0 Å². The molecule has 1 aromatic rings. The number of hydrogen-bond donors (Lipinski definition) is 1. The summed E-state index contributed by atoms with van der Waals surface area (Å²) in [5, 5.41) is 12.2. The number of rotatable bonds is 2. The van der Waals surface area contributed by atoms with Gasteiger partial charge in [-0.1, -0.05) is 35.4 Å². The van der Waals surface area contributed by atoms with Gasteiger partial charge < -0.3 is 5.11 Å². The van der Waals surface area contributed by atoms with Crippen LogP contribution in [0.25, 0.3) is 10.4 Å². The van der Waals surface area contributed by atoms with E-state index in [1.54, 1.807) is 34.1 Å². The van der Waals surface area contributed by atoms with E-state index in [-0.39, 0.29) is 40.8 Å². The first-order valence-electron chi connectivity index (χ1n) is 3.69. The zero-order valence-corrected chi connectivity index (χ0v) is 11.2. The molecule has 6 heteroatoms. The zero-order chi connectivity index (χ0) is 10.1. The largest absolute Gasteiger partial charge is 0.382 e. The van der Waals surface area contributed by atoms with E-state index in [2.05, 4.69) is 10.0 Å². The summed E-state index contributed by atoms with van der Waals surface area (Å²) in [4.78, 5) is 2.49. The first-order valence-corrected chi connectivity index (χ1v) is 3.12. The predicted octanol–water partition coefficient (Wildman–Crippen LogP) is 2.05. The molecule has 0 aliphatic carbocycles. The van der Waals surface area contributed by atoms with E-state index in [0.29, 0.717) is 5.56 Å². The Hall–Kier alpha value is 0.271. The second kappa shape index (κ2) is 8.85. The minimum Gasteiger partial charge on any atom is -0.382 e. The summed E-state index contributed by atoms with van der Waals surface area (Å²) < 4.78 is 5.67. The smallest absolute Gasteiger partial charge is 0.158 e. The topological polar surface area (TPSA) is 69.0 Å². The van der Waals surface area contributed by atoms with Gasteiger partial charge in [-0.25, -0.2) is 0 Å². The molecule has 0 aliphatic rings. The molecular formula is C7H10N3NdOP. The van der Waals surface area contributed by atoms with Gasteiger partial charge in [0, 0.05) is 45.8 Å². The van der Waals surface area contributed by atoms with Crippen LogP contribution in [0.3, 0.4) is 0 Å². The molecule has 1 aromatic carbocycles. The molecule has 2 unspecified atom stereocenters. The van der Waals surface area contributed by atoms with Crippen molar-refractivity contribution in [2.45, 2.75) is 6.23 Å². The molecule has 0 heterocycles. The summed E-state index contributed by atoms with van der Waals surface area (Å²) in [6.07, 6.45) is -1.07. The van der Waals surface area contributed by atoms with E-state index in [1.807, 2.05) is 6.07 Å². The average molecular weight is 329 g/mol. The fourth-order valence-electron chi connectivity index (χ4n) is 0.741. The van der Waals surface area contributed by atoms with Crippen LogP contribution < -0.4 is 0 Å². The SMILES string of the molecule is [3H]P.[N-]=[N+]=NC(O)c1ccccc1.[Nd]. The van der Waals surface area contributed by atoms with Gasteiger partial charge in [0.1, 0.15) is 0 Å². The minimum atomic E-state index is -1.07. The van der Waals surface area contributed by atoms with Crippen LogP contribution in [0.1, 0.15) is 11.8 Å². The van der Waals surface area contributed by atoms with Gasteiger partial charge in [0.2, 0.25) is 0 Å². The molecule has 0 saturated heterocycles. The van der Waals surface area contributed by atoms with Gasteiger partial charge >= 0.3 is 0 Å². The zero-order valence-electron chi connectivity index (χ0n) is 7.83. The molecule has 1 N–H and O–H groups in total. The van der Waals surface area contributed by atoms with Crippen LogP contribution in [0.5, 0.6) is 0 Å². The summed E-state index contributed by atoms with van der Waals surface area (Å²) in [7, 11) is 1.67. The molecule has 2 atom stereocenters. The van der Waals surface area contributed by atoms with Gasteiger partial charge in [-0.15, -0.1) is 0 Å². The van der Waals surface area contributed by atoms with Crippen LogP contribution >= 0.6 is 9.84 Å². The van der Waals surface area contributed by atoms with Crippen LogP contribution in [-0.4, -0.2) is 6.39 Å². The van der Waals surface area contributed by atoms with Crippen molar-refractivity contribution in [1.29, 1.82) is 1.28 Å². The van der Waals surface area contributed by atoms with Crippen molar-refractivity contribution in [2.75, 3.05) is 0 Å². The Morgan fingerprint density at radius 2 is 2.00 bits per heavy atom. The molecule has 0 aromatic heterocycles. The Morgan fingerprint density at radius 1 is 1.46 bits per heavy atom. The number of hydrogen-bond acceptors (Lipinski definition) is 2. The number of aliphatic hydroxyl groups is 1. The van der Waals surface area contributed by atoms with Crippen molar-refractivity contribution in [1.82, 2.24) is 0 Å². The molecule has 4 nitrogen and oxygen atoms in total. The standard InChI is InChI=1S/C7H7N3O.Nd.H3P/c8-10-9-7(11)6-4-2-1-3-5-6;;/h1-5,7,11H;;1H3/i;;1T. The molecule has 0 spiro atoms. The number of nitrogens with zero attached hydrogens (tertiary/aromatic N) is 3. The van der Waals surface area contributed by atoms with E-state index in [0.717, 1.165) is 0 Å². The van der Waals surface area contributed by atoms with E-state index >= 15 is 0 Å². The molecule has 0 saturated carbocycles. The van der Waals surface area contributed by atoms with Crippen molar-refractivity contribution < 1.29 is 45.9 Å². The summed E-state index contributed by atoms with van der Waals surface area (Å²) in [6.45, 7) is 0. The maximum atomic E-state index is 9.10. The van der Waals surface area contributed by atoms with Crippen LogP contribution in [0, 0.1) is 40.8 Å². The van der Waals surface area contributed by atoms with Gasteiger partial charge in [0.15, 0.2) is 6.23 Å². The number of benzene rings is 1. The normalized spacial score (nSPS) is 10.5. The van der Waals surface area contributed by atoms with E-state index in [9.17, 15) is 0 Å². The van der Waals surface area contributed by atoms with E-state index in [1.165, 1.54) is 0 Å². The molecule has 0 radical (unpaired) electrons. The summed E-state index contributed by atoms with van der Waals surface area (Å²) in [5.41, 5.74) is 8.60. The molecule has 0 amide bonds. The third-order valence-corrected chi connectivity index (χ3v) is 1.26. The number of aliphatic hydroxyl groups excluding tert-OH is 1. The quantitative estimate of drug-likeness (QED) is 0.384. The Morgan fingerprint density at radius 3 is 2.46 bits per heavy atom. The molecule has 1 rings (SSSR count). The summed E-state index contributed by atoms with van der Waals surface area (Å²) >= 11 is 0. The van der Waals surface area contributed by atoms with Crippen molar-refractivity contribution in [3.8, 4) is 0 Å². The Labute approximate surface area is 114 Å². The van der Waals surface area contributed by atoms with Crippen molar-refractivity contribution in [3.05, 3.63) is 46.3 Å². The summed E-state index contributed by atoms with van der Waals surface area (Å²) in [5.74, 6) is 0. The van der Waals surface area contributed by atoms with Gasteiger partial charge in [0.25, 0.3) is 0 Å². The third kappa shape index (κ3) is 5.55. The Kier molecular flexibility index (Phi) is 9.04. The van der Waals surface area contributed by atoms with Gasteiger partial charge in [0.05, 0.1) is 1.28 Å². The molecular weight excluding hydrogens is 317 g/mol. The van der Waals surface area contributed by atoms with Crippen molar-refractivity contribution in [3.63, 3.8) is 0 Å². The molecule has 13 heavy (non-hydrogen) atoms. The summed E-state index contributed by atoms with van der Waals surface area (Å²) in [6, 6.07) is 8.75. The van der Waals surface area contributed by atoms with E-state index in [4.69, 9.17) is 11.9 Å². The monoisotopic (exact) mass is 327 g/mol. The fraction of sp³-hybridized carbons (Fsp3) is 0.143.